The Labute approximate surface area is 136 Å². The summed E-state index contributed by atoms with van der Waals surface area (Å²) in [6.45, 7) is 0.313. The van der Waals surface area contributed by atoms with Crippen molar-refractivity contribution in [2.75, 3.05) is 7.05 Å². The fourth-order valence-electron chi connectivity index (χ4n) is 2.09. The number of rotatable bonds is 4. The van der Waals surface area contributed by atoms with Gasteiger partial charge in [-0.2, -0.15) is 0 Å². The van der Waals surface area contributed by atoms with E-state index in [2.05, 4.69) is 15.3 Å². The van der Waals surface area contributed by atoms with Gasteiger partial charge >= 0.3 is 0 Å². The van der Waals surface area contributed by atoms with Crippen LogP contribution in [0.15, 0.2) is 52.9 Å². The zero-order valence-corrected chi connectivity index (χ0v) is 13.2. The maximum Gasteiger partial charge on any atom is 0.252 e. The lowest BCUT2D eigenvalue weighted by molar-refractivity contribution is 0.0962. The van der Waals surface area contributed by atoms with Gasteiger partial charge in [0.25, 0.3) is 11.5 Å². The van der Waals surface area contributed by atoms with Gasteiger partial charge in [0, 0.05) is 30.9 Å². The van der Waals surface area contributed by atoms with Crippen LogP contribution in [0.2, 0.25) is 0 Å². The monoisotopic (exact) mass is 326 g/mol. The Kier molecular flexibility index (Phi) is 4.29. The van der Waals surface area contributed by atoms with Crippen LogP contribution < -0.4 is 10.9 Å². The van der Waals surface area contributed by atoms with Crippen LogP contribution >= 0.6 is 11.3 Å². The van der Waals surface area contributed by atoms with Crippen molar-refractivity contribution >= 4 is 17.2 Å². The van der Waals surface area contributed by atoms with Gasteiger partial charge in [-0.3, -0.25) is 14.6 Å². The van der Waals surface area contributed by atoms with Crippen molar-refractivity contribution in [2.24, 2.45) is 0 Å². The summed E-state index contributed by atoms with van der Waals surface area (Å²) in [7, 11) is 1.55. The molecule has 1 amide bonds. The van der Waals surface area contributed by atoms with Crippen LogP contribution in [0.4, 0.5) is 0 Å². The predicted molar refractivity (Wildman–Crippen MR) is 88.5 cm³/mol. The second kappa shape index (κ2) is 6.53. The molecular formula is C16H14N4O2S. The third-order valence-corrected chi connectivity index (χ3v) is 4.15. The number of nitrogens with one attached hydrogen (secondary N) is 1. The molecule has 3 aromatic rings. The zero-order chi connectivity index (χ0) is 16.2. The second-order valence-electron chi connectivity index (χ2n) is 4.82. The molecule has 0 radical (unpaired) electrons. The molecule has 0 saturated heterocycles. The summed E-state index contributed by atoms with van der Waals surface area (Å²) in [6.07, 6.45) is 3.26. The average molecular weight is 326 g/mol. The van der Waals surface area contributed by atoms with Gasteiger partial charge in [-0.05, 0) is 18.2 Å². The Morgan fingerprint density at radius 1 is 1.30 bits per heavy atom. The fourth-order valence-corrected chi connectivity index (χ4v) is 2.88. The van der Waals surface area contributed by atoms with Gasteiger partial charge < -0.3 is 9.88 Å². The molecule has 0 fully saturated rings. The number of thiazole rings is 1. The first-order valence-corrected chi connectivity index (χ1v) is 7.84. The summed E-state index contributed by atoms with van der Waals surface area (Å²) in [5.41, 5.74) is 1.82. The molecule has 3 heterocycles. The molecular weight excluding hydrogens is 312 g/mol. The summed E-state index contributed by atoms with van der Waals surface area (Å²) in [5.74, 6) is -0.230. The van der Waals surface area contributed by atoms with Crippen molar-refractivity contribution in [3.63, 3.8) is 0 Å². The van der Waals surface area contributed by atoms with Crippen molar-refractivity contribution < 1.29 is 4.79 Å². The molecule has 0 saturated carbocycles. The molecule has 0 atom stereocenters. The molecule has 3 aromatic heterocycles. The number of amides is 1. The maximum absolute atomic E-state index is 12.0. The Morgan fingerprint density at radius 2 is 2.17 bits per heavy atom. The summed E-state index contributed by atoms with van der Waals surface area (Å²) >= 11 is 1.47. The van der Waals surface area contributed by atoms with Crippen molar-refractivity contribution in [1.82, 2.24) is 19.9 Å². The highest BCUT2D eigenvalue weighted by atomic mass is 32.1. The fraction of sp³-hybridized carbons (Fsp3) is 0.125. The SMILES string of the molecule is CNC(=O)c1ccc(=O)n(Cc2csc(-c3ccccn3)n2)c1. The number of carbonyl (C=O) groups is 1. The van der Waals surface area contributed by atoms with Gasteiger partial charge in [0.1, 0.15) is 5.01 Å². The summed E-state index contributed by atoms with van der Waals surface area (Å²) < 4.78 is 1.47. The average Bonchev–Trinajstić information content (AvgIpc) is 3.05. The van der Waals surface area contributed by atoms with Crippen LogP contribution in [0, 0.1) is 0 Å². The number of aromatic nitrogens is 3. The van der Waals surface area contributed by atoms with E-state index in [1.807, 2.05) is 23.6 Å². The van der Waals surface area contributed by atoms with Gasteiger partial charge in [0.2, 0.25) is 0 Å². The summed E-state index contributed by atoms with van der Waals surface area (Å²) in [4.78, 5) is 32.4. The minimum absolute atomic E-state index is 0.176. The maximum atomic E-state index is 12.0. The summed E-state index contributed by atoms with van der Waals surface area (Å²) in [6, 6.07) is 8.54. The quantitative estimate of drug-likeness (QED) is 0.793. The van der Waals surface area contributed by atoms with Gasteiger partial charge in [-0.25, -0.2) is 4.98 Å². The molecule has 116 valence electrons. The van der Waals surface area contributed by atoms with Crippen molar-refractivity contribution in [3.05, 3.63) is 69.7 Å². The normalized spacial score (nSPS) is 10.5. The largest absolute Gasteiger partial charge is 0.355 e. The lowest BCUT2D eigenvalue weighted by Crippen LogP contribution is -2.24. The van der Waals surface area contributed by atoms with E-state index >= 15 is 0 Å². The number of hydrogen-bond donors (Lipinski definition) is 1. The number of hydrogen-bond acceptors (Lipinski definition) is 5. The molecule has 0 aromatic carbocycles. The molecule has 0 aliphatic carbocycles. The van der Waals surface area contributed by atoms with E-state index in [0.717, 1.165) is 16.4 Å². The number of nitrogens with zero attached hydrogens (tertiary/aromatic N) is 3. The van der Waals surface area contributed by atoms with E-state index in [9.17, 15) is 9.59 Å². The van der Waals surface area contributed by atoms with Crippen LogP contribution in [0.1, 0.15) is 16.1 Å². The highest BCUT2D eigenvalue weighted by Crippen LogP contribution is 2.21. The van der Waals surface area contributed by atoms with Crippen LogP contribution in [-0.4, -0.2) is 27.5 Å². The third kappa shape index (κ3) is 3.35. The molecule has 0 bridgehead atoms. The molecule has 23 heavy (non-hydrogen) atoms. The van der Waals surface area contributed by atoms with Gasteiger partial charge in [0.15, 0.2) is 0 Å². The Morgan fingerprint density at radius 3 is 2.91 bits per heavy atom. The van der Waals surface area contributed by atoms with E-state index in [1.54, 1.807) is 19.4 Å². The molecule has 0 unspecified atom stereocenters. The topological polar surface area (TPSA) is 76.9 Å². The van der Waals surface area contributed by atoms with Crippen LogP contribution in [0.5, 0.6) is 0 Å². The van der Waals surface area contributed by atoms with Crippen molar-refractivity contribution in [2.45, 2.75) is 6.54 Å². The Bertz CT molecular complexity index is 886. The molecule has 6 nitrogen and oxygen atoms in total. The molecule has 0 spiro atoms. The Hall–Kier alpha value is -2.80. The van der Waals surface area contributed by atoms with Crippen molar-refractivity contribution in [3.8, 4) is 10.7 Å². The first-order chi connectivity index (χ1) is 11.2. The molecule has 0 aliphatic rings. The number of carbonyl (C=O) groups excluding carboxylic acids is 1. The molecule has 3 rings (SSSR count). The minimum Gasteiger partial charge on any atom is -0.355 e. The number of pyridine rings is 2. The van der Waals surface area contributed by atoms with Crippen molar-refractivity contribution in [1.29, 1.82) is 0 Å². The van der Waals surface area contributed by atoms with Gasteiger partial charge in [-0.15, -0.1) is 11.3 Å². The zero-order valence-electron chi connectivity index (χ0n) is 12.4. The third-order valence-electron chi connectivity index (χ3n) is 3.24. The smallest absolute Gasteiger partial charge is 0.252 e. The molecule has 1 N–H and O–H groups in total. The Balaban J connectivity index is 1.87. The standard InChI is InChI=1S/C16H14N4O2S/c1-17-15(22)11-5-6-14(21)20(8-11)9-12-10-23-16(19-12)13-4-2-3-7-18-13/h2-8,10H,9H2,1H3,(H,17,22). The van der Waals surface area contributed by atoms with E-state index in [-0.39, 0.29) is 11.5 Å². The highest BCUT2D eigenvalue weighted by molar-refractivity contribution is 7.13. The minimum atomic E-state index is -0.230. The van der Waals surface area contributed by atoms with E-state index in [0.29, 0.717) is 12.1 Å². The second-order valence-corrected chi connectivity index (χ2v) is 5.68. The first kappa shape index (κ1) is 15.1. The predicted octanol–water partition coefficient (Wildman–Crippen LogP) is 1.77. The van der Waals surface area contributed by atoms with Crippen LogP contribution in [-0.2, 0) is 6.54 Å². The molecule has 7 heteroatoms. The van der Waals surface area contributed by atoms with Gasteiger partial charge in [0.05, 0.1) is 23.5 Å². The van der Waals surface area contributed by atoms with Crippen LogP contribution in [0.25, 0.3) is 10.7 Å². The van der Waals surface area contributed by atoms with E-state index in [4.69, 9.17) is 0 Å². The first-order valence-electron chi connectivity index (χ1n) is 6.96. The van der Waals surface area contributed by atoms with Crippen LogP contribution in [0.3, 0.4) is 0 Å². The summed E-state index contributed by atoms with van der Waals surface area (Å²) in [5, 5.41) is 5.24. The lowest BCUT2D eigenvalue weighted by Gasteiger charge is -2.06. The van der Waals surface area contributed by atoms with Gasteiger partial charge in [-0.1, -0.05) is 6.07 Å². The highest BCUT2D eigenvalue weighted by Gasteiger charge is 2.09. The lowest BCUT2D eigenvalue weighted by atomic mass is 10.2. The van der Waals surface area contributed by atoms with E-state index in [1.165, 1.54) is 28.0 Å². The molecule has 0 aliphatic heterocycles. The van der Waals surface area contributed by atoms with E-state index < -0.39 is 0 Å².